The molecule has 0 radical (unpaired) electrons. The highest BCUT2D eigenvalue weighted by Gasteiger charge is 2.59. The second kappa shape index (κ2) is 8.59. The topological polar surface area (TPSA) is 77.4 Å². The maximum atomic E-state index is 12.8. The minimum Gasteiger partial charge on any atom is -0.598 e. The number of anilines is 1. The summed E-state index contributed by atoms with van der Waals surface area (Å²) in [6.45, 7) is 2.90. The highest BCUT2D eigenvalue weighted by Crippen LogP contribution is 2.60. The molecule has 0 bridgehead atoms. The number of aromatic nitrogens is 3. The first-order chi connectivity index (χ1) is 17.1. The molecule has 192 valence electrons. The Balaban J connectivity index is 1.06. The molecule has 1 atom stereocenters. The number of halogens is 3. The van der Waals surface area contributed by atoms with Crippen molar-refractivity contribution in [1.82, 2.24) is 19.3 Å². The zero-order valence-corrected chi connectivity index (χ0v) is 20.9. The van der Waals surface area contributed by atoms with E-state index >= 15 is 0 Å². The Bertz CT molecular complexity index is 1170. The first-order valence-electron chi connectivity index (χ1n) is 12.2. The number of alkyl halides is 3. The van der Waals surface area contributed by atoms with Gasteiger partial charge < -0.3 is 14.2 Å². The molecule has 0 aromatic carbocycles. The summed E-state index contributed by atoms with van der Waals surface area (Å²) in [4.78, 5) is 14.6. The fourth-order valence-electron chi connectivity index (χ4n) is 6.30. The number of pyridine rings is 1. The van der Waals surface area contributed by atoms with Gasteiger partial charge in [0.15, 0.2) is 0 Å². The lowest BCUT2D eigenvalue weighted by Gasteiger charge is -2.57. The molecule has 1 saturated heterocycles. The molecule has 0 amide bonds. The molecule has 1 unspecified atom stereocenters. The largest absolute Gasteiger partial charge is 0.598 e. The van der Waals surface area contributed by atoms with E-state index in [-0.39, 0.29) is 11.0 Å². The van der Waals surface area contributed by atoms with E-state index in [4.69, 9.17) is 4.74 Å². The van der Waals surface area contributed by atoms with Gasteiger partial charge in [0.25, 0.3) is 0 Å². The van der Waals surface area contributed by atoms with Crippen molar-refractivity contribution in [3.05, 3.63) is 47.6 Å². The summed E-state index contributed by atoms with van der Waals surface area (Å²) in [5.74, 6) is 1.23. The van der Waals surface area contributed by atoms with Crippen molar-refractivity contribution < 1.29 is 22.5 Å². The number of hydrogen-bond donors (Lipinski definition) is 0. The molecule has 2 aromatic rings. The first kappa shape index (κ1) is 24.0. The fraction of sp³-hybridized carbons (Fsp3) is 0.560. The number of rotatable bonds is 3. The zero-order valence-electron chi connectivity index (χ0n) is 20.1. The summed E-state index contributed by atoms with van der Waals surface area (Å²) in [7, 11) is 0. The molecular formula is C25H28F3N5O2S. The van der Waals surface area contributed by atoms with E-state index in [1.165, 1.54) is 11.1 Å². The van der Waals surface area contributed by atoms with E-state index in [0.717, 1.165) is 82.0 Å². The van der Waals surface area contributed by atoms with Crippen molar-refractivity contribution in [2.45, 2.75) is 50.3 Å². The van der Waals surface area contributed by atoms with Gasteiger partial charge in [-0.25, -0.2) is 9.97 Å². The number of nitrogens with zero attached hydrogens (tertiary/aromatic N) is 5. The number of piperidine rings is 1. The van der Waals surface area contributed by atoms with Gasteiger partial charge in [0.2, 0.25) is 5.95 Å². The van der Waals surface area contributed by atoms with Crippen molar-refractivity contribution in [2.75, 3.05) is 37.3 Å². The van der Waals surface area contributed by atoms with Gasteiger partial charge in [-0.2, -0.15) is 13.2 Å². The molecule has 3 aliphatic heterocycles. The number of hydrogen-bond acceptors (Lipinski definition) is 7. The van der Waals surface area contributed by atoms with Gasteiger partial charge in [-0.15, -0.1) is 4.31 Å². The molecule has 2 spiro atoms. The lowest BCUT2D eigenvalue weighted by molar-refractivity contribution is -0.138. The van der Waals surface area contributed by atoms with Gasteiger partial charge in [0.05, 0.1) is 24.0 Å². The summed E-state index contributed by atoms with van der Waals surface area (Å²) < 4.78 is 58.5. The van der Waals surface area contributed by atoms with Crippen LogP contribution in [-0.4, -0.2) is 61.8 Å². The highest BCUT2D eigenvalue weighted by atomic mass is 32.2. The Morgan fingerprint density at radius 1 is 1.06 bits per heavy atom. The van der Waals surface area contributed by atoms with Gasteiger partial charge in [0.1, 0.15) is 17.6 Å². The smallest absolute Gasteiger partial charge is 0.419 e. The third kappa shape index (κ3) is 4.35. The van der Waals surface area contributed by atoms with Crippen molar-refractivity contribution in [3.63, 3.8) is 0 Å². The standard InChI is InChI=1S/C25H28F3N5O2S/c1-36(34)33-6-2-17(3-7-33)20-10-18-11-24(35-21(18)14-29-20)15-23(16-24)4-8-32(9-5-23)22-30-12-19(13-31-22)25(26,27)28/h2,10,12-14H,3-9,11,15-16H2,1H3. The lowest BCUT2D eigenvalue weighted by atomic mass is 9.54. The van der Waals surface area contributed by atoms with Gasteiger partial charge >= 0.3 is 6.18 Å². The van der Waals surface area contributed by atoms with Gasteiger partial charge in [-0.05, 0) is 49.2 Å². The Morgan fingerprint density at radius 3 is 2.39 bits per heavy atom. The molecule has 4 aliphatic rings. The normalized spacial score (nSPS) is 23.7. The molecule has 7 nitrogen and oxygen atoms in total. The van der Waals surface area contributed by atoms with Crippen molar-refractivity contribution in [2.24, 2.45) is 5.41 Å². The Labute approximate surface area is 211 Å². The molecule has 36 heavy (non-hydrogen) atoms. The summed E-state index contributed by atoms with van der Waals surface area (Å²) in [5.41, 5.74) is 2.58. The molecule has 6 rings (SSSR count). The van der Waals surface area contributed by atoms with Crippen LogP contribution in [0, 0.1) is 5.41 Å². The Hall–Kier alpha value is -2.37. The van der Waals surface area contributed by atoms with Crippen LogP contribution >= 0.6 is 0 Å². The average Bonchev–Trinajstić information content (AvgIpc) is 3.22. The Kier molecular flexibility index (Phi) is 5.73. The van der Waals surface area contributed by atoms with Crippen LogP contribution in [0.4, 0.5) is 19.1 Å². The number of ether oxygens (including phenoxy) is 1. The summed E-state index contributed by atoms with van der Waals surface area (Å²) >= 11 is -0.953. The van der Waals surface area contributed by atoms with Gasteiger partial charge in [-0.1, -0.05) is 6.08 Å². The molecule has 1 aliphatic carbocycles. The fourth-order valence-corrected chi connectivity index (χ4v) is 6.93. The van der Waals surface area contributed by atoms with E-state index in [1.807, 2.05) is 15.4 Å². The summed E-state index contributed by atoms with van der Waals surface area (Å²) in [6.07, 6.45) is 8.54. The molecule has 11 heteroatoms. The van der Waals surface area contributed by atoms with Gasteiger partial charge in [-0.3, -0.25) is 4.98 Å². The van der Waals surface area contributed by atoms with E-state index in [2.05, 4.69) is 27.1 Å². The molecule has 2 aromatic heterocycles. The Morgan fingerprint density at radius 2 is 1.78 bits per heavy atom. The summed E-state index contributed by atoms with van der Waals surface area (Å²) in [5, 5.41) is 0. The van der Waals surface area contributed by atoms with Crippen molar-refractivity contribution >= 4 is 22.9 Å². The molecule has 0 N–H and O–H groups in total. The molecule has 5 heterocycles. The summed E-state index contributed by atoms with van der Waals surface area (Å²) in [6, 6.07) is 2.16. The maximum Gasteiger partial charge on any atom is 0.419 e. The van der Waals surface area contributed by atoms with Crippen LogP contribution in [0.5, 0.6) is 5.75 Å². The minimum atomic E-state index is -4.43. The first-order valence-corrected chi connectivity index (χ1v) is 13.8. The third-order valence-corrected chi connectivity index (χ3v) is 9.18. The maximum absolute atomic E-state index is 12.8. The zero-order chi connectivity index (χ0) is 25.1. The van der Waals surface area contributed by atoms with Crippen LogP contribution < -0.4 is 9.64 Å². The molecular weight excluding hydrogens is 491 g/mol. The second-order valence-corrected chi connectivity index (χ2v) is 11.9. The SMILES string of the molecule is C[S+]([O-])N1CC=C(c2cc3c(cn2)OC2(C3)CC3(CCN(c4ncc(C(F)(F)F)cn4)CC3)C2)CC1. The van der Waals surface area contributed by atoms with Crippen LogP contribution in [0.2, 0.25) is 0 Å². The predicted octanol–water partition coefficient (Wildman–Crippen LogP) is 4.03. The van der Waals surface area contributed by atoms with Crippen LogP contribution in [0.25, 0.3) is 5.57 Å². The monoisotopic (exact) mass is 519 g/mol. The quantitative estimate of drug-likeness (QED) is 0.567. The van der Waals surface area contributed by atoms with Crippen LogP contribution in [0.15, 0.2) is 30.7 Å². The predicted molar refractivity (Wildman–Crippen MR) is 130 cm³/mol. The van der Waals surface area contributed by atoms with E-state index in [9.17, 15) is 17.7 Å². The van der Waals surface area contributed by atoms with Crippen LogP contribution in [0.1, 0.15) is 48.9 Å². The highest BCUT2D eigenvalue weighted by molar-refractivity contribution is 7.88. The van der Waals surface area contributed by atoms with Crippen LogP contribution in [-0.2, 0) is 24.0 Å². The lowest BCUT2D eigenvalue weighted by Crippen LogP contribution is -2.58. The molecule has 1 saturated carbocycles. The van der Waals surface area contributed by atoms with E-state index < -0.39 is 23.1 Å². The van der Waals surface area contributed by atoms with Gasteiger partial charge in [0, 0.05) is 55.4 Å². The minimum absolute atomic E-state index is 0.174. The second-order valence-electron chi connectivity index (χ2n) is 10.5. The molecule has 2 fully saturated rings. The van der Waals surface area contributed by atoms with E-state index in [1.54, 1.807) is 6.26 Å². The van der Waals surface area contributed by atoms with E-state index in [0.29, 0.717) is 12.5 Å². The average molecular weight is 520 g/mol. The van der Waals surface area contributed by atoms with Crippen molar-refractivity contribution in [3.8, 4) is 5.75 Å². The van der Waals surface area contributed by atoms with Crippen LogP contribution in [0.3, 0.4) is 0 Å². The van der Waals surface area contributed by atoms with Crippen molar-refractivity contribution in [1.29, 1.82) is 0 Å². The third-order valence-electron chi connectivity index (χ3n) is 8.12. The number of fused-ring (bicyclic) bond motifs is 1.